The van der Waals surface area contributed by atoms with Crippen molar-refractivity contribution < 1.29 is 56.9 Å². The molecule has 1 heterocycles. The summed E-state index contributed by atoms with van der Waals surface area (Å²) in [4.78, 5) is 3.80. The SMILES string of the molecule is COc1ccc2c(c1)CCCC(c1cccnc1)=C2OS(=O)(=O)C(F)(F)C(F)(F)C(F)(F)C(F)(F)F. The molecule has 5 nitrogen and oxygen atoms in total. The van der Waals surface area contributed by atoms with Gasteiger partial charge in [0.1, 0.15) is 5.75 Å². The third-order valence-electron chi connectivity index (χ3n) is 5.34. The highest BCUT2D eigenvalue weighted by Gasteiger charge is 2.86. The van der Waals surface area contributed by atoms with E-state index >= 15 is 0 Å². The van der Waals surface area contributed by atoms with E-state index in [1.165, 1.54) is 43.8 Å². The average molecular weight is 549 g/mol. The zero-order valence-corrected chi connectivity index (χ0v) is 18.9. The fourth-order valence-corrected chi connectivity index (χ4v) is 4.41. The minimum absolute atomic E-state index is 0.0752. The topological polar surface area (TPSA) is 65.5 Å². The maximum Gasteiger partial charge on any atom is 0.460 e. The van der Waals surface area contributed by atoms with Crippen molar-refractivity contribution in [1.29, 1.82) is 0 Å². The average Bonchev–Trinajstić information content (AvgIpc) is 2.97. The molecule has 15 heteroatoms. The van der Waals surface area contributed by atoms with Gasteiger partial charge in [0.2, 0.25) is 0 Å². The molecule has 1 aromatic heterocycles. The molecule has 0 amide bonds. The van der Waals surface area contributed by atoms with E-state index in [1.807, 2.05) is 0 Å². The first-order valence-corrected chi connectivity index (χ1v) is 11.3. The lowest BCUT2D eigenvalue weighted by atomic mass is 10.00. The summed E-state index contributed by atoms with van der Waals surface area (Å²) in [6.07, 6.45) is -4.33. The van der Waals surface area contributed by atoms with Gasteiger partial charge in [-0.25, -0.2) is 0 Å². The van der Waals surface area contributed by atoms with Crippen molar-refractivity contribution in [1.82, 2.24) is 4.98 Å². The molecule has 1 aliphatic carbocycles. The quantitative estimate of drug-likeness (QED) is 0.310. The molecule has 0 unspecified atom stereocenters. The molecule has 1 aromatic carbocycles. The van der Waals surface area contributed by atoms with E-state index in [2.05, 4.69) is 9.17 Å². The van der Waals surface area contributed by atoms with Crippen molar-refractivity contribution in [2.45, 2.75) is 42.5 Å². The van der Waals surface area contributed by atoms with E-state index in [1.54, 1.807) is 0 Å². The lowest BCUT2D eigenvalue weighted by Gasteiger charge is -2.32. The first kappa shape index (κ1) is 27.6. The summed E-state index contributed by atoms with van der Waals surface area (Å²) >= 11 is 0. The van der Waals surface area contributed by atoms with Crippen molar-refractivity contribution >= 4 is 21.5 Å². The maximum atomic E-state index is 14.4. The van der Waals surface area contributed by atoms with E-state index in [9.17, 15) is 47.9 Å². The Morgan fingerprint density at radius 1 is 0.917 bits per heavy atom. The first-order valence-electron chi connectivity index (χ1n) is 9.93. The minimum atomic E-state index is -7.42. The molecule has 0 saturated heterocycles. The molecule has 0 saturated carbocycles. The van der Waals surface area contributed by atoms with Crippen LogP contribution < -0.4 is 4.74 Å². The van der Waals surface area contributed by atoms with Gasteiger partial charge in [-0.15, -0.1) is 0 Å². The van der Waals surface area contributed by atoms with E-state index < -0.39 is 39.2 Å². The Hall–Kier alpha value is -2.97. The zero-order valence-electron chi connectivity index (χ0n) is 18.1. The lowest BCUT2D eigenvalue weighted by Crippen LogP contribution is -2.63. The van der Waals surface area contributed by atoms with Crippen molar-refractivity contribution in [2.75, 3.05) is 7.11 Å². The number of halogens is 9. The minimum Gasteiger partial charge on any atom is -0.497 e. The van der Waals surface area contributed by atoms with Crippen molar-refractivity contribution in [3.63, 3.8) is 0 Å². The Bertz CT molecular complexity index is 1260. The van der Waals surface area contributed by atoms with Gasteiger partial charge in [0.15, 0.2) is 5.76 Å². The van der Waals surface area contributed by atoms with E-state index in [4.69, 9.17) is 4.74 Å². The van der Waals surface area contributed by atoms with Gasteiger partial charge in [-0.05, 0) is 54.7 Å². The van der Waals surface area contributed by atoms with Gasteiger partial charge in [0, 0.05) is 23.5 Å². The molecular formula is C21H16F9NO4S. The number of rotatable bonds is 7. The number of ether oxygens (including phenoxy) is 1. The lowest BCUT2D eigenvalue weighted by molar-refractivity contribution is -0.382. The van der Waals surface area contributed by atoms with Crippen molar-refractivity contribution in [2.24, 2.45) is 0 Å². The second-order valence-electron chi connectivity index (χ2n) is 7.63. The van der Waals surface area contributed by atoms with Gasteiger partial charge in [-0.2, -0.15) is 47.9 Å². The number of hydrogen-bond acceptors (Lipinski definition) is 5. The number of benzene rings is 1. The predicted octanol–water partition coefficient (Wildman–Crippen LogP) is 6.07. The molecule has 198 valence electrons. The summed E-state index contributed by atoms with van der Waals surface area (Å²) in [5.74, 6) is -15.5. The number of alkyl halides is 9. The molecule has 3 rings (SSSR count). The predicted molar refractivity (Wildman–Crippen MR) is 108 cm³/mol. The maximum absolute atomic E-state index is 14.4. The molecule has 2 aromatic rings. The van der Waals surface area contributed by atoms with Crippen LogP contribution in [-0.2, 0) is 20.7 Å². The molecule has 0 radical (unpaired) electrons. The van der Waals surface area contributed by atoms with Gasteiger partial charge < -0.3 is 8.92 Å². The van der Waals surface area contributed by atoms with Crippen molar-refractivity contribution in [3.05, 3.63) is 59.4 Å². The van der Waals surface area contributed by atoms with Gasteiger partial charge in [-0.3, -0.25) is 4.98 Å². The summed E-state index contributed by atoms with van der Waals surface area (Å²) in [6, 6.07) is 6.52. The molecule has 0 aliphatic heterocycles. The number of aryl methyl sites for hydroxylation is 1. The normalized spacial score (nSPS) is 15.8. The van der Waals surface area contributed by atoms with Crippen LogP contribution in [-0.4, -0.2) is 43.8 Å². The van der Waals surface area contributed by atoms with Crippen LogP contribution >= 0.6 is 0 Å². The van der Waals surface area contributed by atoms with Gasteiger partial charge in [-0.1, -0.05) is 6.07 Å². The number of hydrogen-bond donors (Lipinski definition) is 0. The number of allylic oxidation sites excluding steroid dienone is 1. The van der Waals surface area contributed by atoms with Crippen LogP contribution in [0.2, 0.25) is 0 Å². The van der Waals surface area contributed by atoms with Crippen molar-refractivity contribution in [3.8, 4) is 5.75 Å². The highest BCUT2D eigenvalue weighted by molar-refractivity contribution is 7.88. The Labute approximate surface area is 198 Å². The smallest absolute Gasteiger partial charge is 0.460 e. The van der Waals surface area contributed by atoms with Crippen LogP contribution in [0.3, 0.4) is 0 Å². The van der Waals surface area contributed by atoms with Crippen LogP contribution in [0.15, 0.2) is 42.7 Å². The summed E-state index contributed by atoms with van der Waals surface area (Å²) in [6.45, 7) is 0. The summed E-state index contributed by atoms with van der Waals surface area (Å²) < 4.78 is 155. The monoisotopic (exact) mass is 549 g/mol. The molecule has 0 atom stereocenters. The highest BCUT2D eigenvalue weighted by atomic mass is 32.2. The molecule has 0 N–H and O–H groups in total. The summed E-state index contributed by atoms with van der Waals surface area (Å²) in [7, 11) is -5.86. The fourth-order valence-electron chi connectivity index (χ4n) is 3.45. The Morgan fingerprint density at radius 3 is 2.14 bits per heavy atom. The third kappa shape index (κ3) is 4.48. The molecule has 36 heavy (non-hydrogen) atoms. The molecule has 1 aliphatic rings. The third-order valence-corrected chi connectivity index (χ3v) is 6.61. The highest BCUT2D eigenvalue weighted by Crippen LogP contribution is 2.55. The van der Waals surface area contributed by atoms with Crippen LogP contribution in [0, 0.1) is 0 Å². The van der Waals surface area contributed by atoms with Gasteiger partial charge in [0.05, 0.1) is 7.11 Å². The molecule has 0 fully saturated rings. The molecule has 0 bridgehead atoms. The first-order chi connectivity index (χ1) is 16.5. The van der Waals surface area contributed by atoms with Crippen LogP contribution in [0.1, 0.15) is 29.5 Å². The standard InChI is InChI=1S/C21H16F9NO4S/c1-34-14-7-8-16-12(10-14)4-2-6-15(13-5-3-9-31-11-13)17(16)35-36(32,33)21(29,30)19(24,25)18(22,23)20(26,27)28/h3,5,7-11H,2,4,6H2,1H3. The van der Waals surface area contributed by atoms with Crippen LogP contribution in [0.4, 0.5) is 39.5 Å². The van der Waals surface area contributed by atoms with Crippen LogP contribution in [0.25, 0.3) is 11.3 Å². The summed E-state index contributed by atoms with van der Waals surface area (Å²) in [5.41, 5.74) is 0.0471. The zero-order chi connectivity index (χ0) is 27.2. The Balaban J connectivity index is 2.22. The fraction of sp³-hybridized carbons (Fsp3) is 0.381. The molecular weight excluding hydrogens is 533 g/mol. The largest absolute Gasteiger partial charge is 0.497 e. The Kier molecular flexibility index (Phi) is 7.03. The number of fused-ring (bicyclic) bond motifs is 1. The number of methoxy groups -OCH3 is 1. The van der Waals surface area contributed by atoms with E-state index in [0.717, 1.165) is 6.07 Å². The number of aromatic nitrogens is 1. The Morgan fingerprint density at radius 2 is 1.58 bits per heavy atom. The number of pyridine rings is 1. The second kappa shape index (κ2) is 9.16. The number of nitrogens with zero attached hydrogens (tertiary/aromatic N) is 1. The van der Waals surface area contributed by atoms with E-state index in [-0.39, 0.29) is 47.3 Å². The van der Waals surface area contributed by atoms with Gasteiger partial charge >= 0.3 is 33.4 Å². The molecule has 0 spiro atoms. The second-order valence-corrected chi connectivity index (χ2v) is 9.21. The summed E-state index contributed by atoms with van der Waals surface area (Å²) in [5, 5.41) is -7.00. The van der Waals surface area contributed by atoms with Gasteiger partial charge in [0.25, 0.3) is 0 Å². The van der Waals surface area contributed by atoms with Crippen LogP contribution in [0.5, 0.6) is 5.75 Å². The van der Waals surface area contributed by atoms with E-state index in [0.29, 0.717) is 0 Å².